The molecule has 196 valence electrons. The van der Waals surface area contributed by atoms with Gasteiger partial charge < -0.3 is 14.5 Å². The van der Waals surface area contributed by atoms with E-state index in [1.165, 1.54) is 38.5 Å². The van der Waals surface area contributed by atoms with E-state index in [9.17, 15) is 18.0 Å². The van der Waals surface area contributed by atoms with Gasteiger partial charge in [0, 0.05) is 70.1 Å². The van der Waals surface area contributed by atoms with Gasteiger partial charge in [0.1, 0.15) is 5.82 Å². The molecule has 0 aromatic carbocycles. The van der Waals surface area contributed by atoms with E-state index >= 15 is 0 Å². The maximum Gasteiger partial charge on any atom is 0.293 e. The molecule has 2 aliphatic carbocycles. The zero-order valence-electron chi connectivity index (χ0n) is 21.0. The van der Waals surface area contributed by atoms with E-state index in [4.69, 9.17) is 0 Å². The third kappa shape index (κ3) is 6.28. The molecular formula is C26H39F3N4O2. The molecule has 2 aliphatic heterocycles. The van der Waals surface area contributed by atoms with Crippen molar-refractivity contribution in [3.8, 4) is 0 Å². The molecule has 1 spiro atoms. The number of carbonyl (C=O) groups excluding carboxylic acids is 1. The summed E-state index contributed by atoms with van der Waals surface area (Å²) in [5.74, 6) is -2.90. The molecule has 35 heavy (non-hydrogen) atoms. The highest BCUT2D eigenvalue weighted by atomic mass is 19.3. The smallest absolute Gasteiger partial charge is 0.293 e. The third-order valence-corrected chi connectivity index (χ3v) is 8.26. The number of nitrogens with zero attached hydrogens (tertiary/aromatic N) is 4. The van der Waals surface area contributed by atoms with E-state index in [0.717, 1.165) is 37.6 Å². The lowest BCUT2D eigenvalue weighted by Crippen LogP contribution is -2.54. The first-order valence-corrected chi connectivity index (χ1v) is 13.0. The second-order valence-corrected chi connectivity index (χ2v) is 10.8. The molecule has 1 unspecified atom stereocenters. The Kier molecular flexibility index (Phi) is 8.26. The molecule has 1 aromatic rings. The van der Waals surface area contributed by atoms with Crippen LogP contribution in [0.2, 0.25) is 0 Å². The Morgan fingerprint density at radius 3 is 2.37 bits per heavy atom. The average Bonchev–Trinajstić information content (AvgIpc) is 3.26. The number of hydrogen-bond acceptors (Lipinski definition) is 6. The molecule has 5 rings (SSSR count). The van der Waals surface area contributed by atoms with Crippen LogP contribution in [-0.4, -0.2) is 86.1 Å². The van der Waals surface area contributed by atoms with E-state index in [0.29, 0.717) is 37.4 Å². The van der Waals surface area contributed by atoms with Crippen LogP contribution in [0.25, 0.3) is 0 Å². The minimum Gasteiger partial charge on any atom is -0.468 e. The predicted molar refractivity (Wildman–Crippen MR) is 129 cm³/mol. The first-order valence-electron chi connectivity index (χ1n) is 13.0. The first-order chi connectivity index (χ1) is 16.7. The van der Waals surface area contributed by atoms with Crippen LogP contribution in [-0.2, 0) is 9.53 Å². The Hall–Kier alpha value is -1.87. The van der Waals surface area contributed by atoms with Gasteiger partial charge in [0.2, 0.25) is 5.92 Å². The van der Waals surface area contributed by atoms with Crippen molar-refractivity contribution in [2.24, 2.45) is 5.41 Å². The van der Waals surface area contributed by atoms with Crippen LogP contribution in [0.1, 0.15) is 63.5 Å². The van der Waals surface area contributed by atoms with Crippen LogP contribution in [0.5, 0.6) is 0 Å². The SMILES string of the molecule is CCOC=O.CN1CC2(CCC(N3CCN(c4cc(F)cnc4C4CCC(F)(F)CC4)CC3)C2)C1. The molecule has 1 aromatic heterocycles. The van der Waals surface area contributed by atoms with Crippen LogP contribution >= 0.6 is 0 Å². The zero-order chi connectivity index (χ0) is 25.1. The molecule has 0 N–H and O–H groups in total. The van der Waals surface area contributed by atoms with Gasteiger partial charge in [-0.3, -0.25) is 14.7 Å². The van der Waals surface area contributed by atoms with Crippen molar-refractivity contribution < 1.29 is 22.7 Å². The second-order valence-electron chi connectivity index (χ2n) is 10.8. The van der Waals surface area contributed by atoms with Crippen molar-refractivity contribution in [2.45, 2.75) is 69.8 Å². The molecule has 4 fully saturated rings. The van der Waals surface area contributed by atoms with Gasteiger partial charge in [-0.25, -0.2) is 13.2 Å². The maximum atomic E-state index is 14.1. The normalized spacial score (nSPS) is 26.7. The summed E-state index contributed by atoms with van der Waals surface area (Å²) in [6.45, 7) is 8.81. The summed E-state index contributed by atoms with van der Waals surface area (Å²) < 4.78 is 45.4. The number of hydrogen-bond donors (Lipinski definition) is 0. The zero-order valence-corrected chi connectivity index (χ0v) is 21.0. The van der Waals surface area contributed by atoms with Crippen molar-refractivity contribution in [1.29, 1.82) is 0 Å². The minimum atomic E-state index is -2.56. The van der Waals surface area contributed by atoms with Gasteiger partial charge in [-0.1, -0.05) is 0 Å². The number of likely N-dealkylation sites (tertiary alicyclic amines) is 1. The van der Waals surface area contributed by atoms with E-state index in [2.05, 4.69) is 31.5 Å². The number of alkyl halides is 2. The van der Waals surface area contributed by atoms with Crippen molar-refractivity contribution in [3.63, 3.8) is 0 Å². The topological polar surface area (TPSA) is 48.9 Å². The van der Waals surface area contributed by atoms with E-state index < -0.39 is 5.92 Å². The second kappa shape index (κ2) is 11.0. The molecule has 1 atom stereocenters. The van der Waals surface area contributed by atoms with E-state index in [-0.39, 0.29) is 24.6 Å². The number of rotatable bonds is 5. The molecule has 0 radical (unpaired) electrons. The average molecular weight is 497 g/mol. The van der Waals surface area contributed by atoms with Crippen LogP contribution in [0.15, 0.2) is 12.3 Å². The quantitative estimate of drug-likeness (QED) is 0.567. The lowest BCUT2D eigenvalue weighted by Gasteiger charge is -2.47. The number of carbonyl (C=O) groups is 1. The van der Waals surface area contributed by atoms with Crippen molar-refractivity contribution in [2.75, 3.05) is 57.8 Å². The fourth-order valence-electron chi connectivity index (χ4n) is 6.59. The summed E-state index contributed by atoms with van der Waals surface area (Å²) in [5.41, 5.74) is 2.20. The Bertz CT molecular complexity index is 847. The van der Waals surface area contributed by atoms with E-state index in [1.54, 1.807) is 13.0 Å². The van der Waals surface area contributed by atoms with Gasteiger partial charge in [0.05, 0.1) is 24.2 Å². The van der Waals surface area contributed by atoms with Crippen LogP contribution < -0.4 is 4.90 Å². The van der Waals surface area contributed by atoms with Gasteiger partial charge in [0.15, 0.2) is 0 Å². The Morgan fingerprint density at radius 2 is 1.80 bits per heavy atom. The van der Waals surface area contributed by atoms with Gasteiger partial charge in [-0.05, 0) is 51.5 Å². The summed E-state index contributed by atoms with van der Waals surface area (Å²) in [7, 11) is 2.20. The predicted octanol–water partition coefficient (Wildman–Crippen LogP) is 4.30. The van der Waals surface area contributed by atoms with Crippen molar-refractivity contribution in [1.82, 2.24) is 14.8 Å². The third-order valence-electron chi connectivity index (χ3n) is 8.26. The van der Waals surface area contributed by atoms with Crippen molar-refractivity contribution in [3.05, 3.63) is 23.8 Å². The first kappa shape index (κ1) is 26.2. The Morgan fingerprint density at radius 1 is 1.11 bits per heavy atom. The molecule has 2 saturated heterocycles. The lowest BCUT2D eigenvalue weighted by atomic mass is 9.78. The summed E-state index contributed by atoms with van der Waals surface area (Å²) in [6.07, 6.45) is 5.85. The van der Waals surface area contributed by atoms with Gasteiger partial charge in [0.25, 0.3) is 6.47 Å². The largest absolute Gasteiger partial charge is 0.468 e. The minimum absolute atomic E-state index is 0.00329. The molecule has 0 amide bonds. The summed E-state index contributed by atoms with van der Waals surface area (Å²) >= 11 is 0. The van der Waals surface area contributed by atoms with E-state index in [1.807, 2.05) is 0 Å². The van der Waals surface area contributed by atoms with Crippen LogP contribution in [0, 0.1) is 11.2 Å². The molecule has 0 bridgehead atoms. The maximum absolute atomic E-state index is 14.1. The fourth-order valence-corrected chi connectivity index (χ4v) is 6.59. The van der Waals surface area contributed by atoms with Gasteiger partial charge >= 0.3 is 0 Å². The number of anilines is 1. The molecule has 3 heterocycles. The highest BCUT2D eigenvalue weighted by Crippen LogP contribution is 2.47. The number of piperazine rings is 1. The Balaban J connectivity index is 0.000000527. The number of pyridine rings is 1. The summed E-state index contributed by atoms with van der Waals surface area (Å²) in [6, 6.07) is 2.24. The number of aromatic nitrogens is 1. The Labute approximate surface area is 206 Å². The summed E-state index contributed by atoms with van der Waals surface area (Å²) in [5, 5.41) is 0. The van der Waals surface area contributed by atoms with Crippen molar-refractivity contribution >= 4 is 12.2 Å². The number of ether oxygens (including phenoxy) is 1. The van der Waals surface area contributed by atoms with Crippen LogP contribution in [0.3, 0.4) is 0 Å². The summed E-state index contributed by atoms with van der Waals surface area (Å²) in [4.78, 5) is 20.8. The number of halogens is 3. The fraction of sp³-hybridized carbons (Fsp3) is 0.769. The lowest BCUT2D eigenvalue weighted by molar-refractivity contribution is -0.128. The van der Waals surface area contributed by atoms with Gasteiger partial charge in [-0.2, -0.15) is 0 Å². The molecule has 9 heteroatoms. The molecular weight excluding hydrogens is 457 g/mol. The standard InChI is InChI=1S/C23H33F3N4.C3H6O2/c1-28-15-22(16-28)5-4-19(13-22)29-8-10-30(11-9-29)20-12-18(24)14-27-21(20)17-2-6-23(25,26)7-3-17;1-2-5-3-4/h12,14,17,19H,2-11,13,15-16H2,1H3;3H,2H2,1H3. The molecule has 2 saturated carbocycles. The highest BCUT2D eigenvalue weighted by molar-refractivity contribution is 5.53. The molecule has 4 aliphatic rings. The molecule has 6 nitrogen and oxygen atoms in total. The van der Waals surface area contributed by atoms with Crippen LogP contribution in [0.4, 0.5) is 18.9 Å². The van der Waals surface area contributed by atoms with Gasteiger partial charge in [-0.15, -0.1) is 0 Å². The monoisotopic (exact) mass is 496 g/mol. The highest BCUT2D eigenvalue weighted by Gasteiger charge is 2.48.